The molecule has 0 spiro atoms. The van der Waals surface area contributed by atoms with Crippen molar-refractivity contribution < 1.29 is 4.74 Å². The van der Waals surface area contributed by atoms with E-state index in [2.05, 4.69) is 22.4 Å². The van der Waals surface area contributed by atoms with Crippen LogP contribution >= 0.6 is 0 Å². The second-order valence-corrected chi connectivity index (χ2v) is 5.13. The van der Waals surface area contributed by atoms with Gasteiger partial charge in [-0.25, -0.2) is 4.98 Å². The smallest absolute Gasteiger partial charge is 0.128 e. The fourth-order valence-electron chi connectivity index (χ4n) is 2.90. The highest BCUT2D eigenvalue weighted by atomic mass is 16.5. The van der Waals surface area contributed by atoms with Crippen LogP contribution in [0, 0.1) is 5.92 Å². The summed E-state index contributed by atoms with van der Waals surface area (Å²) in [6.07, 6.45) is 2.70. The Morgan fingerprint density at radius 2 is 2.15 bits per heavy atom. The van der Waals surface area contributed by atoms with Gasteiger partial charge >= 0.3 is 0 Å². The SMILES string of the molecule is CNC(c1cccnc1N)C1COc2ccccc2C1. The van der Waals surface area contributed by atoms with Gasteiger partial charge in [0.25, 0.3) is 0 Å². The van der Waals surface area contributed by atoms with Crippen molar-refractivity contribution in [2.75, 3.05) is 19.4 Å². The highest BCUT2D eigenvalue weighted by Gasteiger charge is 2.28. The average molecular weight is 269 g/mol. The normalized spacial score (nSPS) is 18.9. The number of hydrogen-bond acceptors (Lipinski definition) is 4. The number of pyridine rings is 1. The van der Waals surface area contributed by atoms with E-state index in [1.807, 2.05) is 31.3 Å². The second kappa shape index (κ2) is 5.51. The molecule has 4 heteroatoms. The molecule has 1 aromatic carbocycles. The number of nitrogens with one attached hydrogen (secondary N) is 1. The van der Waals surface area contributed by atoms with Crippen LogP contribution in [-0.4, -0.2) is 18.6 Å². The Bertz CT molecular complexity index is 600. The number of ether oxygens (including phenoxy) is 1. The number of nitrogens with zero attached hydrogens (tertiary/aromatic N) is 1. The summed E-state index contributed by atoms with van der Waals surface area (Å²) in [7, 11) is 1.96. The van der Waals surface area contributed by atoms with Gasteiger partial charge < -0.3 is 15.8 Å². The quantitative estimate of drug-likeness (QED) is 0.896. The fraction of sp³-hybridized carbons (Fsp3) is 0.312. The summed E-state index contributed by atoms with van der Waals surface area (Å²) < 4.78 is 5.88. The lowest BCUT2D eigenvalue weighted by Crippen LogP contribution is -2.34. The van der Waals surface area contributed by atoms with Gasteiger partial charge in [-0.15, -0.1) is 0 Å². The predicted octanol–water partition coefficient (Wildman–Crippen LogP) is 2.18. The first kappa shape index (κ1) is 12.9. The van der Waals surface area contributed by atoms with Crippen molar-refractivity contribution in [3.63, 3.8) is 0 Å². The second-order valence-electron chi connectivity index (χ2n) is 5.13. The van der Waals surface area contributed by atoms with Crippen molar-refractivity contribution in [3.8, 4) is 5.75 Å². The molecule has 0 saturated carbocycles. The standard InChI is InChI=1S/C16H19N3O/c1-18-15(13-6-4-8-19-16(13)17)12-9-11-5-2-3-7-14(11)20-10-12/h2-8,12,15,18H,9-10H2,1H3,(H2,17,19). The van der Waals surface area contributed by atoms with Crippen molar-refractivity contribution in [3.05, 3.63) is 53.7 Å². The molecule has 0 saturated heterocycles. The van der Waals surface area contributed by atoms with E-state index in [-0.39, 0.29) is 6.04 Å². The Morgan fingerprint density at radius 1 is 1.30 bits per heavy atom. The number of nitrogen functional groups attached to an aromatic ring is 1. The average Bonchev–Trinajstić information content (AvgIpc) is 2.50. The molecule has 0 radical (unpaired) electrons. The van der Waals surface area contributed by atoms with E-state index in [0.29, 0.717) is 18.3 Å². The zero-order valence-electron chi connectivity index (χ0n) is 11.5. The lowest BCUT2D eigenvalue weighted by Gasteiger charge is -2.32. The summed E-state index contributed by atoms with van der Waals surface area (Å²) >= 11 is 0. The van der Waals surface area contributed by atoms with Gasteiger partial charge in [-0.2, -0.15) is 0 Å². The van der Waals surface area contributed by atoms with Crippen LogP contribution in [0.5, 0.6) is 5.75 Å². The Labute approximate surface area is 119 Å². The van der Waals surface area contributed by atoms with E-state index in [1.165, 1.54) is 5.56 Å². The van der Waals surface area contributed by atoms with Crippen molar-refractivity contribution in [1.29, 1.82) is 0 Å². The van der Waals surface area contributed by atoms with E-state index < -0.39 is 0 Å². The van der Waals surface area contributed by atoms with Crippen LogP contribution in [-0.2, 0) is 6.42 Å². The van der Waals surface area contributed by atoms with Gasteiger partial charge in [-0.3, -0.25) is 0 Å². The third-order valence-electron chi connectivity index (χ3n) is 3.90. The van der Waals surface area contributed by atoms with Gasteiger partial charge in [0.1, 0.15) is 11.6 Å². The molecular weight excluding hydrogens is 250 g/mol. The molecule has 104 valence electrons. The minimum absolute atomic E-state index is 0.150. The number of benzene rings is 1. The predicted molar refractivity (Wildman–Crippen MR) is 79.6 cm³/mol. The van der Waals surface area contributed by atoms with Crippen LogP contribution < -0.4 is 15.8 Å². The first-order chi connectivity index (χ1) is 9.79. The maximum Gasteiger partial charge on any atom is 0.128 e. The molecule has 1 aliphatic rings. The topological polar surface area (TPSA) is 60.2 Å². The zero-order chi connectivity index (χ0) is 13.9. The summed E-state index contributed by atoms with van der Waals surface area (Å²) in [5, 5.41) is 3.36. The largest absolute Gasteiger partial charge is 0.493 e. The first-order valence-electron chi connectivity index (χ1n) is 6.88. The molecular formula is C16H19N3O. The Morgan fingerprint density at radius 3 is 2.95 bits per heavy atom. The number of fused-ring (bicyclic) bond motifs is 1. The van der Waals surface area contributed by atoms with Crippen molar-refractivity contribution in [2.45, 2.75) is 12.5 Å². The third-order valence-corrected chi connectivity index (χ3v) is 3.90. The maximum atomic E-state index is 6.01. The molecule has 0 fully saturated rings. The van der Waals surface area contributed by atoms with Crippen LogP contribution in [0.25, 0.3) is 0 Å². The maximum absolute atomic E-state index is 6.01. The number of hydrogen-bond donors (Lipinski definition) is 2. The summed E-state index contributed by atoms with van der Waals surface area (Å²) in [5.41, 5.74) is 8.31. The molecule has 0 amide bonds. The van der Waals surface area contributed by atoms with E-state index in [4.69, 9.17) is 10.5 Å². The molecule has 1 aliphatic heterocycles. The zero-order valence-corrected chi connectivity index (χ0v) is 11.5. The Balaban J connectivity index is 1.87. The van der Waals surface area contributed by atoms with Crippen LogP contribution in [0.15, 0.2) is 42.6 Å². The minimum Gasteiger partial charge on any atom is -0.493 e. The molecule has 20 heavy (non-hydrogen) atoms. The van der Waals surface area contributed by atoms with Gasteiger partial charge in [0.05, 0.1) is 6.61 Å². The molecule has 4 nitrogen and oxygen atoms in total. The molecule has 2 aromatic rings. The number of aromatic nitrogens is 1. The lowest BCUT2D eigenvalue weighted by atomic mass is 9.86. The van der Waals surface area contributed by atoms with E-state index in [9.17, 15) is 0 Å². The van der Waals surface area contributed by atoms with Crippen molar-refractivity contribution in [1.82, 2.24) is 10.3 Å². The number of rotatable bonds is 3. The molecule has 0 bridgehead atoms. The third kappa shape index (κ3) is 2.34. The van der Waals surface area contributed by atoms with E-state index in [0.717, 1.165) is 17.7 Å². The van der Waals surface area contributed by atoms with Gasteiger partial charge in [0.15, 0.2) is 0 Å². The summed E-state index contributed by atoms with van der Waals surface area (Å²) in [6, 6.07) is 12.3. The first-order valence-corrected chi connectivity index (χ1v) is 6.88. The van der Waals surface area contributed by atoms with Gasteiger partial charge in [-0.05, 0) is 31.2 Å². The van der Waals surface area contributed by atoms with E-state index >= 15 is 0 Å². The highest BCUT2D eigenvalue weighted by molar-refractivity contribution is 5.42. The number of anilines is 1. The highest BCUT2D eigenvalue weighted by Crippen LogP contribution is 2.34. The molecule has 3 rings (SSSR count). The lowest BCUT2D eigenvalue weighted by molar-refractivity contribution is 0.188. The van der Waals surface area contributed by atoms with E-state index in [1.54, 1.807) is 6.20 Å². The molecule has 2 atom stereocenters. The Kier molecular flexibility index (Phi) is 3.56. The van der Waals surface area contributed by atoms with Gasteiger partial charge in [0, 0.05) is 23.7 Å². The monoisotopic (exact) mass is 269 g/mol. The van der Waals surface area contributed by atoms with Crippen molar-refractivity contribution >= 4 is 5.82 Å². The molecule has 1 aromatic heterocycles. The number of nitrogens with two attached hydrogens (primary N) is 1. The summed E-state index contributed by atoms with van der Waals surface area (Å²) in [4.78, 5) is 4.18. The van der Waals surface area contributed by atoms with Gasteiger partial charge in [0.2, 0.25) is 0 Å². The molecule has 0 aliphatic carbocycles. The Hall–Kier alpha value is -2.07. The van der Waals surface area contributed by atoms with Crippen LogP contribution in [0.4, 0.5) is 5.82 Å². The minimum atomic E-state index is 0.150. The van der Waals surface area contributed by atoms with Gasteiger partial charge in [-0.1, -0.05) is 24.3 Å². The van der Waals surface area contributed by atoms with Crippen molar-refractivity contribution in [2.24, 2.45) is 5.92 Å². The summed E-state index contributed by atoms with van der Waals surface area (Å²) in [5.74, 6) is 1.94. The molecule has 3 N–H and O–H groups in total. The molecule has 2 unspecified atom stereocenters. The van der Waals surface area contributed by atoms with Crippen LogP contribution in [0.3, 0.4) is 0 Å². The molecule has 2 heterocycles. The summed E-state index contributed by atoms with van der Waals surface area (Å²) in [6.45, 7) is 0.691. The van der Waals surface area contributed by atoms with Crippen LogP contribution in [0.2, 0.25) is 0 Å². The fourth-order valence-corrected chi connectivity index (χ4v) is 2.90. The number of para-hydroxylation sites is 1. The van der Waals surface area contributed by atoms with Crippen LogP contribution in [0.1, 0.15) is 17.2 Å².